The minimum Gasteiger partial charge on any atom is -0.345 e. The Morgan fingerprint density at radius 2 is 1.69 bits per heavy atom. The lowest BCUT2D eigenvalue weighted by Crippen LogP contribution is -2.42. The summed E-state index contributed by atoms with van der Waals surface area (Å²) < 4.78 is 0. The minimum atomic E-state index is -0.261. The van der Waals surface area contributed by atoms with Gasteiger partial charge in [-0.2, -0.15) is 0 Å². The number of carbonyl (C=O) groups excluding carboxylic acids is 4. The van der Waals surface area contributed by atoms with Crippen LogP contribution in [0.15, 0.2) is 48.5 Å². The predicted molar refractivity (Wildman–Crippen MR) is 122 cm³/mol. The molecular weight excluding hydrogens is 408 g/mol. The summed E-state index contributed by atoms with van der Waals surface area (Å²) in [5, 5.41) is 2.75. The van der Waals surface area contributed by atoms with Crippen molar-refractivity contribution in [1.82, 2.24) is 9.80 Å². The molecule has 8 nitrogen and oxygen atoms in total. The Morgan fingerprint density at radius 3 is 2.34 bits per heavy atom. The summed E-state index contributed by atoms with van der Waals surface area (Å²) in [5.41, 5.74) is 2.73. The van der Waals surface area contributed by atoms with Gasteiger partial charge >= 0.3 is 0 Å². The maximum Gasteiger partial charge on any atom is 0.253 e. The van der Waals surface area contributed by atoms with Gasteiger partial charge in [0.2, 0.25) is 17.7 Å². The largest absolute Gasteiger partial charge is 0.345 e. The van der Waals surface area contributed by atoms with Gasteiger partial charge in [0.15, 0.2) is 0 Å². The van der Waals surface area contributed by atoms with Crippen molar-refractivity contribution in [2.24, 2.45) is 0 Å². The summed E-state index contributed by atoms with van der Waals surface area (Å²) in [7, 11) is 3.40. The van der Waals surface area contributed by atoms with Gasteiger partial charge in [-0.25, -0.2) is 0 Å². The Labute approximate surface area is 187 Å². The van der Waals surface area contributed by atoms with Gasteiger partial charge in [0.05, 0.1) is 11.4 Å². The fourth-order valence-electron chi connectivity index (χ4n) is 3.57. The monoisotopic (exact) mass is 436 g/mol. The highest BCUT2D eigenvalue weighted by Gasteiger charge is 2.27. The van der Waals surface area contributed by atoms with Crippen LogP contribution < -0.4 is 10.2 Å². The molecule has 3 rings (SSSR count). The Kier molecular flexibility index (Phi) is 7.25. The standard InChI is InChI=1S/C24H28N4O4/c1-4-27(15-17-9-11-18(12-10-17)24(32)26(2)3)22(30)13-14-23(31)28-16-21(29)25-19-7-5-6-8-20(19)28/h5-12H,4,13-16H2,1-3H3,(H,25,29). The number of nitrogens with zero attached hydrogens (tertiary/aromatic N) is 3. The predicted octanol–water partition coefficient (Wildman–Crippen LogP) is 2.50. The van der Waals surface area contributed by atoms with Gasteiger partial charge in [-0.05, 0) is 36.8 Å². The number of benzene rings is 2. The Bertz CT molecular complexity index is 1020. The van der Waals surface area contributed by atoms with Crippen LogP contribution in [0.2, 0.25) is 0 Å². The Balaban J connectivity index is 1.59. The zero-order chi connectivity index (χ0) is 23.3. The number of carbonyl (C=O) groups is 4. The molecule has 8 heteroatoms. The Hall–Kier alpha value is -3.68. The number of hydrogen-bond donors (Lipinski definition) is 1. The summed E-state index contributed by atoms with van der Waals surface area (Å²) in [6.45, 7) is 2.73. The molecule has 0 bridgehead atoms. The summed E-state index contributed by atoms with van der Waals surface area (Å²) in [5.74, 6) is -0.728. The maximum atomic E-state index is 12.8. The van der Waals surface area contributed by atoms with Crippen molar-refractivity contribution in [3.8, 4) is 0 Å². The van der Waals surface area contributed by atoms with Gasteiger partial charge < -0.3 is 20.0 Å². The third kappa shape index (κ3) is 5.32. The Morgan fingerprint density at radius 1 is 1.00 bits per heavy atom. The zero-order valence-electron chi connectivity index (χ0n) is 18.6. The molecule has 0 atom stereocenters. The lowest BCUT2D eigenvalue weighted by Gasteiger charge is -2.29. The molecule has 0 saturated carbocycles. The molecule has 1 aliphatic heterocycles. The molecule has 4 amide bonds. The first kappa shape index (κ1) is 23.0. The van der Waals surface area contributed by atoms with Crippen molar-refractivity contribution >= 4 is 35.0 Å². The highest BCUT2D eigenvalue weighted by molar-refractivity contribution is 6.10. The summed E-state index contributed by atoms with van der Waals surface area (Å²) >= 11 is 0. The molecule has 0 unspecified atom stereocenters. The number of anilines is 2. The second-order valence-electron chi connectivity index (χ2n) is 7.85. The minimum absolute atomic E-state index is 0.0211. The zero-order valence-corrected chi connectivity index (χ0v) is 18.6. The molecule has 0 spiro atoms. The van der Waals surface area contributed by atoms with Crippen LogP contribution in [0.5, 0.6) is 0 Å². The topological polar surface area (TPSA) is 90.0 Å². The van der Waals surface area contributed by atoms with Crippen LogP contribution in [-0.2, 0) is 20.9 Å². The molecule has 168 valence electrons. The summed E-state index contributed by atoms with van der Waals surface area (Å²) in [4.78, 5) is 54.1. The van der Waals surface area contributed by atoms with E-state index in [1.54, 1.807) is 55.4 Å². The van der Waals surface area contributed by atoms with E-state index >= 15 is 0 Å². The molecule has 2 aromatic carbocycles. The SMILES string of the molecule is CCN(Cc1ccc(C(=O)N(C)C)cc1)C(=O)CCC(=O)N1CC(=O)Nc2ccccc21. The number of para-hydroxylation sites is 2. The number of nitrogens with one attached hydrogen (secondary N) is 1. The lowest BCUT2D eigenvalue weighted by molar-refractivity contribution is -0.133. The van der Waals surface area contributed by atoms with Crippen molar-refractivity contribution in [2.45, 2.75) is 26.3 Å². The van der Waals surface area contributed by atoms with E-state index in [0.717, 1.165) is 5.56 Å². The summed E-state index contributed by atoms with van der Waals surface area (Å²) in [6, 6.07) is 14.3. The molecule has 0 aromatic heterocycles. The van der Waals surface area contributed by atoms with Crippen LogP contribution in [0.25, 0.3) is 0 Å². The highest BCUT2D eigenvalue weighted by Crippen LogP contribution is 2.29. The van der Waals surface area contributed by atoms with Crippen LogP contribution in [0.1, 0.15) is 35.7 Å². The quantitative estimate of drug-likeness (QED) is 0.722. The highest BCUT2D eigenvalue weighted by atomic mass is 16.2. The van der Waals surface area contributed by atoms with E-state index in [-0.39, 0.29) is 43.0 Å². The smallest absolute Gasteiger partial charge is 0.253 e. The van der Waals surface area contributed by atoms with Gasteiger partial charge in [-0.1, -0.05) is 24.3 Å². The molecule has 0 radical (unpaired) electrons. The van der Waals surface area contributed by atoms with E-state index in [0.29, 0.717) is 30.0 Å². The van der Waals surface area contributed by atoms with Crippen molar-refractivity contribution in [2.75, 3.05) is 37.4 Å². The molecular formula is C24H28N4O4. The van der Waals surface area contributed by atoms with E-state index in [1.165, 1.54) is 9.80 Å². The van der Waals surface area contributed by atoms with Crippen LogP contribution in [0.4, 0.5) is 11.4 Å². The molecule has 0 aliphatic carbocycles. The van der Waals surface area contributed by atoms with Crippen molar-refractivity contribution in [1.29, 1.82) is 0 Å². The van der Waals surface area contributed by atoms with Crippen LogP contribution in [-0.4, -0.2) is 60.6 Å². The van der Waals surface area contributed by atoms with Crippen LogP contribution in [0, 0.1) is 0 Å². The van der Waals surface area contributed by atoms with E-state index in [2.05, 4.69) is 5.32 Å². The average molecular weight is 437 g/mol. The second-order valence-corrected chi connectivity index (χ2v) is 7.85. The van der Waals surface area contributed by atoms with Gasteiger partial charge in [-0.15, -0.1) is 0 Å². The normalized spacial score (nSPS) is 12.6. The van der Waals surface area contributed by atoms with E-state index < -0.39 is 0 Å². The fourth-order valence-corrected chi connectivity index (χ4v) is 3.57. The van der Waals surface area contributed by atoms with Crippen molar-refractivity contribution in [3.63, 3.8) is 0 Å². The van der Waals surface area contributed by atoms with Gasteiger partial charge in [0.1, 0.15) is 6.54 Å². The van der Waals surface area contributed by atoms with Crippen molar-refractivity contribution in [3.05, 3.63) is 59.7 Å². The third-order valence-corrected chi connectivity index (χ3v) is 5.34. The van der Waals surface area contributed by atoms with E-state index in [1.807, 2.05) is 19.1 Å². The molecule has 1 heterocycles. The second kappa shape index (κ2) is 10.1. The molecule has 2 aromatic rings. The first-order valence-corrected chi connectivity index (χ1v) is 10.6. The van der Waals surface area contributed by atoms with Crippen molar-refractivity contribution < 1.29 is 19.2 Å². The first-order valence-electron chi connectivity index (χ1n) is 10.6. The van der Waals surface area contributed by atoms with Crippen LogP contribution in [0.3, 0.4) is 0 Å². The maximum absolute atomic E-state index is 12.8. The molecule has 32 heavy (non-hydrogen) atoms. The third-order valence-electron chi connectivity index (χ3n) is 5.34. The number of fused-ring (bicyclic) bond motifs is 1. The molecule has 1 N–H and O–H groups in total. The molecule has 0 saturated heterocycles. The van der Waals surface area contributed by atoms with Gasteiger partial charge in [0, 0.05) is 45.6 Å². The van der Waals surface area contributed by atoms with E-state index in [9.17, 15) is 19.2 Å². The molecule has 1 aliphatic rings. The number of amides is 4. The lowest BCUT2D eigenvalue weighted by atomic mass is 10.1. The number of rotatable bonds is 7. The number of hydrogen-bond acceptors (Lipinski definition) is 4. The van der Waals surface area contributed by atoms with Gasteiger partial charge in [0.25, 0.3) is 5.91 Å². The molecule has 0 fully saturated rings. The summed E-state index contributed by atoms with van der Waals surface area (Å²) in [6.07, 6.45) is 0.0807. The van der Waals surface area contributed by atoms with E-state index in [4.69, 9.17) is 0 Å². The first-order chi connectivity index (χ1) is 15.3. The van der Waals surface area contributed by atoms with Crippen LogP contribution >= 0.6 is 0 Å². The fraction of sp³-hybridized carbons (Fsp3) is 0.333. The van der Waals surface area contributed by atoms with Gasteiger partial charge in [-0.3, -0.25) is 19.2 Å². The average Bonchev–Trinajstić information content (AvgIpc) is 2.79.